The molecule has 1 N–H and O–H groups in total. The molecular formula is C19H21FN4O2S. The first-order valence-electron chi connectivity index (χ1n) is 8.72. The van der Waals surface area contributed by atoms with Crippen molar-refractivity contribution in [3.05, 3.63) is 65.1 Å². The summed E-state index contributed by atoms with van der Waals surface area (Å²) >= 11 is 0. The lowest BCUT2D eigenvalue weighted by Gasteiger charge is -2.07. The fourth-order valence-electron chi connectivity index (χ4n) is 2.69. The summed E-state index contributed by atoms with van der Waals surface area (Å²) in [5.74, 6) is 0.0136. The van der Waals surface area contributed by atoms with Gasteiger partial charge in [0.1, 0.15) is 16.8 Å². The molecule has 0 radical (unpaired) electrons. The van der Waals surface area contributed by atoms with Crippen molar-refractivity contribution in [3.8, 4) is 16.8 Å². The van der Waals surface area contributed by atoms with Crippen LogP contribution in [-0.4, -0.2) is 24.3 Å². The Bertz CT molecular complexity index is 1030. The first-order valence-corrected chi connectivity index (χ1v) is 10.0. The fraction of sp³-hybridized carbons (Fsp3) is 0.263. The van der Waals surface area contributed by atoms with Gasteiger partial charge in [0.05, 0.1) is 11.9 Å². The molecule has 0 spiro atoms. The summed E-state index contributed by atoms with van der Waals surface area (Å²) in [6, 6.07) is 7.83. The molecule has 0 saturated heterocycles. The average molecular weight is 388 g/mol. The lowest BCUT2D eigenvalue weighted by Crippen LogP contribution is -2.19. The first kappa shape index (κ1) is 19.0. The van der Waals surface area contributed by atoms with Gasteiger partial charge in [0.25, 0.3) is 5.56 Å². The van der Waals surface area contributed by atoms with Crippen molar-refractivity contribution in [3.63, 3.8) is 0 Å². The number of nitrogens with one attached hydrogen (secondary N) is 1. The fourth-order valence-corrected chi connectivity index (χ4v) is 3.22. The Labute approximate surface area is 159 Å². The maximum absolute atomic E-state index is 14.5. The van der Waals surface area contributed by atoms with Gasteiger partial charge in [0, 0.05) is 47.6 Å². The third-order valence-electron chi connectivity index (χ3n) is 4.05. The highest BCUT2D eigenvalue weighted by Gasteiger charge is 2.11. The van der Waals surface area contributed by atoms with Crippen LogP contribution in [-0.2, 0) is 17.5 Å². The molecule has 0 bridgehead atoms. The number of aromatic nitrogens is 3. The molecule has 1 unspecified atom stereocenters. The van der Waals surface area contributed by atoms with Crippen molar-refractivity contribution in [2.75, 3.05) is 10.5 Å². The Morgan fingerprint density at radius 2 is 2.00 bits per heavy atom. The molecule has 0 aliphatic rings. The minimum Gasteiger partial charge on any atom is -0.313 e. The molecule has 1 aromatic carbocycles. The number of nitrogens with zero attached hydrogens (tertiary/aromatic N) is 3. The Hall–Kier alpha value is -2.74. The smallest absolute Gasteiger partial charge is 0.250 e. The van der Waals surface area contributed by atoms with Gasteiger partial charge in [-0.1, -0.05) is 13.8 Å². The lowest BCUT2D eigenvalue weighted by atomic mass is 10.1. The highest BCUT2D eigenvalue weighted by molar-refractivity contribution is 7.86. The van der Waals surface area contributed by atoms with E-state index >= 15 is 0 Å². The van der Waals surface area contributed by atoms with E-state index in [9.17, 15) is 13.4 Å². The van der Waals surface area contributed by atoms with E-state index in [-0.39, 0.29) is 5.56 Å². The summed E-state index contributed by atoms with van der Waals surface area (Å²) in [5.41, 5.74) is 2.15. The maximum Gasteiger partial charge on any atom is 0.250 e. The monoisotopic (exact) mass is 388 g/mol. The van der Waals surface area contributed by atoms with Crippen LogP contribution in [0.3, 0.4) is 0 Å². The van der Waals surface area contributed by atoms with Crippen LogP contribution in [0.5, 0.6) is 0 Å². The number of anilines is 1. The van der Waals surface area contributed by atoms with Gasteiger partial charge in [-0.05, 0) is 30.7 Å². The van der Waals surface area contributed by atoms with E-state index in [2.05, 4.69) is 9.82 Å². The first-order chi connectivity index (χ1) is 13.0. The number of hydrogen-bond donors (Lipinski definition) is 1. The summed E-state index contributed by atoms with van der Waals surface area (Å²) in [5, 5.41) is 4.29. The minimum atomic E-state index is -1.23. The lowest BCUT2D eigenvalue weighted by molar-refractivity contribution is 0.632. The molecule has 0 saturated carbocycles. The van der Waals surface area contributed by atoms with E-state index in [1.807, 2.05) is 6.92 Å². The molecule has 0 aliphatic heterocycles. The highest BCUT2D eigenvalue weighted by atomic mass is 32.2. The van der Waals surface area contributed by atoms with Crippen molar-refractivity contribution >= 4 is 16.7 Å². The van der Waals surface area contributed by atoms with Gasteiger partial charge in [-0.3, -0.25) is 4.79 Å². The van der Waals surface area contributed by atoms with Crippen molar-refractivity contribution in [2.45, 2.75) is 26.8 Å². The zero-order valence-electron chi connectivity index (χ0n) is 15.2. The number of aryl methyl sites for hydroxylation is 1. The second-order valence-electron chi connectivity index (χ2n) is 6.02. The average Bonchev–Trinajstić information content (AvgIpc) is 3.13. The second-order valence-corrected chi connectivity index (χ2v) is 7.50. The highest BCUT2D eigenvalue weighted by Crippen LogP contribution is 2.26. The summed E-state index contributed by atoms with van der Waals surface area (Å²) < 4.78 is 32.0. The number of benzene rings is 1. The third-order valence-corrected chi connectivity index (χ3v) is 5.04. The van der Waals surface area contributed by atoms with Crippen molar-refractivity contribution in [1.82, 2.24) is 14.3 Å². The number of halogens is 1. The predicted molar refractivity (Wildman–Crippen MR) is 106 cm³/mol. The van der Waals surface area contributed by atoms with Crippen LogP contribution in [0.25, 0.3) is 16.8 Å². The molecule has 27 heavy (non-hydrogen) atoms. The SMILES string of the molecule is CCCn1cc(-n2cc(-c3ccc(NS(=O)CC)cc3F)cn2)ccc1=O. The number of rotatable bonds is 7. The van der Waals surface area contributed by atoms with Crippen LogP contribution in [0.15, 0.2) is 53.7 Å². The van der Waals surface area contributed by atoms with Gasteiger partial charge < -0.3 is 9.29 Å². The Morgan fingerprint density at radius 3 is 2.70 bits per heavy atom. The van der Waals surface area contributed by atoms with E-state index in [4.69, 9.17) is 0 Å². The molecule has 6 nitrogen and oxygen atoms in total. The molecule has 0 aliphatic carbocycles. The quantitative estimate of drug-likeness (QED) is 0.675. The molecule has 142 valence electrons. The predicted octanol–water partition coefficient (Wildman–Crippen LogP) is 3.35. The van der Waals surface area contributed by atoms with E-state index in [1.54, 1.807) is 53.0 Å². The Balaban J connectivity index is 1.89. The van der Waals surface area contributed by atoms with E-state index in [1.165, 1.54) is 12.1 Å². The van der Waals surface area contributed by atoms with E-state index in [0.717, 1.165) is 12.1 Å². The summed E-state index contributed by atoms with van der Waals surface area (Å²) in [4.78, 5) is 11.9. The van der Waals surface area contributed by atoms with Crippen molar-refractivity contribution in [2.24, 2.45) is 0 Å². The molecule has 2 heterocycles. The topological polar surface area (TPSA) is 68.9 Å². The zero-order valence-corrected chi connectivity index (χ0v) is 16.0. The Morgan fingerprint density at radius 1 is 1.19 bits per heavy atom. The van der Waals surface area contributed by atoms with E-state index < -0.39 is 16.8 Å². The van der Waals surface area contributed by atoms with Gasteiger partial charge in [0.2, 0.25) is 0 Å². The standard InChI is InChI=1S/C19H21FN4O2S/c1-3-9-23-13-16(6-8-19(23)25)24-12-14(11-21-24)17-7-5-15(10-18(17)20)22-27(26)4-2/h5-8,10-13,22H,3-4,9H2,1-2H3. The van der Waals surface area contributed by atoms with Gasteiger partial charge in [-0.15, -0.1) is 0 Å². The van der Waals surface area contributed by atoms with Crippen LogP contribution in [0.4, 0.5) is 10.1 Å². The Kier molecular flexibility index (Phi) is 5.85. The zero-order chi connectivity index (χ0) is 19.4. The minimum absolute atomic E-state index is 0.0634. The molecular weight excluding hydrogens is 367 g/mol. The third kappa shape index (κ3) is 4.33. The van der Waals surface area contributed by atoms with Crippen LogP contribution in [0.2, 0.25) is 0 Å². The maximum atomic E-state index is 14.5. The van der Waals surface area contributed by atoms with Crippen LogP contribution >= 0.6 is 0 Å². The van der Waals surface area contributed by atoms with Crippen LogP contribution in [0.1, 0.15) is 20.3 Å². The molecule has 8 heteroatoms. The molecule has 1 atom stereocenters. The normalized spacial score (nSPS) is 12.1. The van der Waals surface area contributed by atoms with E-state index in [0.29, 0.717) is 29.1 Å². The van der Waals surface area contributed by atoms with Gasteiger partial charge in [-0.2, -0.15) is 5.10 Å². The summed E-state index contributed by atoms with van der Waals surface area (Å²) in [7, 11) is -1.23. The molecule has 3 rings (SSSR count). The van der Waals surface area contributed by atoms with Gasteiger partial charge >= 0.3 is 0 Å². The summed E-state index contributed by atoms with van der Waals surface area (Å²) in [6.45, 7) is 4.41. The molecule has 3 aromatic rings. The molecule has 0 amide bonds. The second kappa shape index (κ2) is 8.30. The van der Waals surface area contributed by atoms with Crippen molar-refractivity contribution in [1.29, 1.82) is 0 Å². The number of pyridine rings is 1. The van der Waals surface area contributed by atoms with Gasteiger partial charge in [-0.25, -0.2) is 13.3 Å². The largest absolute Gasteiger partial charge is 0.313 e. The molecule has 2 aromatic heterocycles. The summed E-state index contributed by atoms with van der Waals surface area (Å²) in [6.07, 6.45) is 5.88. The van der Waals surface area contributed by atoms with Crippen LogP contribution in [0, 0.1) is 5.82 Å². The number of hydrogen-bond acceptors (Lipinski definition) is 3. The van der Waals surface area contributed by atoms with Crippen LogP contribution < -0.4 is 10.3 Å². The molecule has 0 fully saturated rings. The van der Waals surface area contributed by atoms with Gasteiger partial charge in [0.15, 0.2) is 0 Å². The van der Waals surface area contributed by atoms with Crippen molar-refractivity contribution < 1.29 is 8.60 Å².